The number of aromatic nitrogens is 2. The molecule has 1 saturated heterocycles. The molecule has 3 N–H and O–H groups in total. The normalized spacial score (nSPS) is 14.7. The molecule has 2 aromatic carbocycles. The molecule has 31 heavy (non-hydrogen) atoms. The van der Waals surface area contributed by atoms with Gasteiger partial charge < -0.3 is 20.4 Å². The van der Waals surface area contributed by atoms with Crippen LogP contribution in [-0.2, 0) is 11.3 Å². The van der Waals surface area contributed by atoms with Crippen LogP contribution in [0.4, 0.5) is 17.3 Å². The number of piperazine rings is 1. The average Bonchev–Trinajstić information content (AvgIpc) is 3.17. The molecular formula is C23H24N6O2. The first-order valence-electron chi connectivity index (χ1n) is 10.4. The fraction of sp³-hybridized carbons (Fsp3) is 0.261. The molecule has 0 spiro atoms. The van der Waals surface area contributed by atoms with E-state index in [1.165, 1.54) is 6.92 Å². The largest absolute Gasteiger partial charge is 0.460 e. The van der Waals surface area contributed by atoms with Crippen LogP contribution in [0.3, 0.4) is 0 Å². The summed E-state index contributed by atoms with van der Waals surface area (Å²) in [5.74, 6) is 1.32. The van der Waals surface area contributed by atoms with Crippen molar-refractivity contribution in [3.05, 3.63) is 54.4 Å². The summed E-state index contributed by atoms with van der Waals surface area (Å²) >= 11 is 0. The van der Waals surface area contributed by atoms with E-state index in [1.54, 1.807) is 0 Å². The number of carbonyl (C=O) groups is 1. The molecule has 1 aliphatic heterocycles. The number of fused-ring (bicyclic) bond motifs is 3. The number of hydrogen-bond acceptors (Lipinski definition) is 7. The molecule has 5 rings (SSSR count). The van der Waals surface area contributed by atoms with Crippen LogP contribution in [0.2, 0.25) is 0 Å². The molecule has 2 aromatic heterocycles. The fourth-order valence-electron chi connectivity index (χ4n) is 3.90. The van der Waals surface area contributed by atoms with Crippen LogP contribution < -0.4 is 16.0 Å². The first-order chi connectivity index (χ1) is 15.1. The number of hydrogen-bond donors (Lipinski definition) is 3. The van der Waals surface area contributed by atoms with Crippen LogP contribution in [0.15, 0.2) is 53.1 Å². The summed E-state index contributed by atoms with van der Waals surface area (Å²) in [6, 6.07) is 13.5. The van der Waals surface area contributed by atoms with Gasteiger partial charge in [0.1, 0.15) is 11.3 Å². The third-order valence-electron chi connectivity index (χ3n) is 5.33. The first kappa shape index (κ1) is 19.5. The van der Waals surface area contributed by atoms with Crippen molar-refractivity contribution < 1.29 is 9.21 Å². The lowest BCUT2D eigenvalue weighted by Gasteiger charge is -2.26. The van der Waals surface area contributed by atoms with E-state index in [2.05, 4.69) is 31.9 Å². The van der Waals surface area contributed by atoms with Gasteiger partial charge in [0.15, 0.2) is 0 Å². The highest BCUT2D eigenvalue weighted by Gasteiger charge is 2.15. The Hall–Kier alpha value is -3.49. The topological polar surface area (TPSA) is 95.3 Å². The van der Waals surface area contributed by atoms with Crippen LogP contribution >= 0.6 is 0 Å². The predicted octanol–water partition coefficient (Wildman–Crippen LogP) is 3.48. The highest BCUT2D eigenvalue weighted by Crippen LogP contribution is 2.28. The van der Waals surface area contributed by atoms with Crippen molar-refractivity contribution in [2.75, 3.05) is 36.8 Å². The molecule has 4 aromatic rings. The third kappa shape index (κ3) is 4.35. The van der Waals surface area contributed by atoms with Gasteiger partial charge in [-0.1, -0.05) is 6.07 Å². The minimum absolute atomic E-state index is 0.113. The summed E-state index contributed by atoms with van der Waals surface area (Å²) in [5.41, 5.74) is 3.19. The van der Waals surface area contributed by atoms with Crippen molar-refractivity contribution in [2.45, 2.75) is 13.5 Å². The summed E-state index contributed by atoms with van der Waals surface area (Å²) in [4.78, 5) is 22.9. The van der Waals surface area contributed by atoms with Crippen LogP contribution in [0, 0.1) is 0 Å². The van der Waals surface area contributed by atoms with Crippen LogP contribution in [0.25, 0.3) is 21.9 Å². The number of furan rings is 1. The molecule has 3 heterocycles. The van der Waals surface area contributed by atoms with Crippen molar-refractivity contribution in [1.82, 2.24) is 20.2 Å². The molecule has 0 radical (unpaired) electrons. The maximum atomic E-state index is 11.3. The van der Waals surface area contributed by atoms with Crippen molar-refractivity contribution in [3.63, 3.8) is 0 Å². The average molecular weight is 416 g/mol. The third-order valence-corrected chi connectivity index (χ3v) is 5.33. The lowest BCUT2D eigenvalue weighted by atomic mass is 10.1. The standard InChI is InChI=1S/C23H24N6O2/c1-15(30)26-17-3-2-4-18(11-17)27-23-25-13-16-5-6-21-20(22(16)28-23)12-19(31-21)14-29-9-7-24-8-10-29/h2-6,11-13,24H,7-10,14H2,1H3,(H,26,30)(H,25,27,28). The second-order valence-electron chi connectivity index (χ2n) is 7.73. The minimum atomic E-state index is -0.113. The monoisotopic (exact) mass is 416 g/mol. The van der Waals surface area contributed by atoms with E-state index >= 15 is 0 Å². The predicted molar refractivity (Wildman–Crippen MR) is 121 cm³/mol. The summed E-state index contributed by atoms with van der Waals surface area (Å²) in [5, 5.41) is 11.3. The molecule has 158 valence electrons. The summed E-state index contributed by atoms with van der Waals surface area (Å²) in [7, 11) is 0. The lowest BCUT2D eigenvalue weighted by Crippen LogP contribution is -2.42. The van der Waals surface area contributed by atoms with Gasteiger partial charge in [-0.3, -0.25) is 9.69 Å². The number of rotatable bonds is 5. The number of amides is 1. The number of benzene rings is 2. The second-order valence-corrected chi connectivity index (χ2v) is 7.73. The molecule has 0 atom stereocenters. The summed E-state index contributed by atoms with van der Waals surface area (Å²) < 4.78 is 6.11. The highest BCUT2D eigenvalue weighted by molar-refractivity contribution is 6.03. The summed E-state index contributed by atoms with van der Waals surface area (Å²) in [6.45, 7) is 6.34. The van der Waals surface area contributed by atoms with Gasteiger partial charge in [0.05, 0.1) is 12.1 Å². The molecule has 1 amide bonds. The molecule has 8 nitrogen and oxygen atoms in total. The fourth-order valence-corrected chi connectivity index (χ4v) is 3.90. The molecule has 1 fully saturated rings. The van der Waals surface area contributed by atoms with Gasteiger partial charge >= 0.3 is 0 Å². The van der Waals surface area contributed by atoms with Crippen molar-refractivity contribution >= 4 is 45.1 Å². The number of nitrogens with zero attached hydrogens (tertiary/aromatic N) is 3. The molecule has 0 bridgehead atoms. The SMILES string of the molecule is CC(=O)Nc1cccc(Nc2ncc3ccc4oc(CN5CCNCC5)cc4c3n2)c1. The van der Waals surface area contributed by atoms with Crippen LogP contribution in [0.5, 0.6) is 0 Å². The van der Waals surface area contributed by atoms with Crippen LogP contribution in [-0.4, -0.2) is 47.0 Å². The summed E-state index contributed by atoms with van der Waals surface area (Å²) in [6.07, 6.45) is 1.81. The zero-order chi connectivity index (χ0) is 21.2. The Balaban J connectivity index is 1.44. The minimum Gasteiger partial charge on any atom is -0.460 e. The molecule has 0 aliphatic carbocycles. The maximum absolute atomic E-state index is 11.3. The molecule has 1 aliphatic rings. The Morgan fingerprint density at radius 2 is 2.00 bits per heavy atom. The van der Waals surface area contributed by atoms with E-state index < -0.39 is 0 Å². The molecular weight excluding hydrogens is 392 g/mol. The van der Waals surface area contributed by atoms with E-state index in [1.807, 2.05) is 42.6 Å². The second kappa shape index (κ2) is 8.33. The van der Waals surface area contributed by atoms with Gasteiger partial charge in [0, 0.05) is 61.4 Å². The van der Waals surface area contributed by atoms with E-state index in [4.69, 9.17) is 9.40 Å². The Morgan fingerprint density at radius 3 is 2.84 bits per heavy atom. The Labute approximate surface area is 179 Å². The Morgan fingerprint density at radius 1 is 1.16 bits per heavy atom. The lowest BCUT2D eigenvalue weighted by molar-refractivity contribution is -0.114. The zero-order valence-electron chi connectivity index (χ0n) is 17.3. The van der Waals surface area contributed by atoms with E-state index in [0.717, 1.165) is 66.0 Å². The van der Waals surface area contributed by atoms with Gasteiger partial charge in [-0.05, 0) is 36.4 Å². The Bertz CT molecular complexity index is 1250. The number of nitrogens with one attached hydrogen (secondary N) is 3. The van der Waals surface area contributed by atoms with Crippen LogP contribution in [0.1, 0.15) is 12.7 Å². The quantitative estimate of drug-likeness (QED) is 0.458. The number of anilines is 3. The van der Waals surface area contributed by atoms with Gasteiger partial charge in [-0.15, -0.1) is 0 Å². The smallest absolute Gasteiger partial charge is 0.227 e. The van der Waals surface area contributed by atoms with Gasteiger partial charge in [-0.2, -0.15) is 0 Å². The van der Waals surface area contributed by atoms with Gasteiger partial charge in [0.2, 0.25) is 11.9 Å². The molecule has 0 saturated carbocycles. The van der Waals surface area contributed by atoms with Crippen molar-refractivity contribution in [2.24, 2.45) is 0 Å². The Kier molecular flexibility index (Phi) is 5.23. The molecule has 8 heteroatoms. The van der Waals surface area contributed by atoms with E-state index in [0.29, 0.717) is 11.6 Å². The van der Waals surface area contributed by atoms with E-state index in [9.17, 15) is 4.79 Å². The van der Waals surface area contributed by atoms with Gasteiger partial charge in [0.25, 0.3) is 0 Å². The van der Waals surface area contributed by atoms with E-state index in [-0.39, 0.29) is 5.91 Å². The maximum Gasteiger partial charge on any atom is 0.227 e. The number of carbonyl (C=O) groups excluding carboxylic acids is 1. The highest BCUT2D eigenvalue weighted by atomic mass is 16.3. The van der Waals surface area contributed by atoms with Crippen molar-refractivity contribution in [1.29, 1.82) is 0 Å². The van der Waals surface area contributed by atoms with Crippen molar-refractivity contribution in [3.8, 4) is 0 Å². The molecule has 0 unspecified atom stereocenters. The van der Waals surface area contributed by atoms with Gasteiger partial charge in [-0.25, -0.2) is 9.97 Å². The first-order valence-corrected chi connectivity index (χ1v) is 10.4. The zero-order valence-corrected chi connectivity index (χ0v) is 17.3.